The van der Waals surface area contributed by atoms with Crippen LogP contribution in [0.3, 0.4) is 0 Å². The molecule has 108 valence electrons. The van der Waals surface area contributed by atoms with Gasteiger partial charge in [-0.05, 0) is 42.3 Å². The topological polar surface area (TPSA) is 29.4 Å². The maximum atomic E-state index is 12.2. The Labute approximate surface area is 129 Å². The van der Waals surface area contributed by atoms with Crippen molar-refractivity contribution in [2.45, 2.75) is 39.2 Å². The molecule has 0 amide bonds. The van der Waals surface area contributed by atoms with E-state index < -0.39 is 0 Å². The van der Waals surface area contributed by atoms with E-state index >= 15 is 0 Å². The third kappa shape index (κ3) is 4.13. The van der Waals surface area contributed by atoms with Crippen molar-refractivity contribution in [2.24, 2.45) is 10.9 Å². The smallest absolute Gasteiger partial charge is 0.200 e. The highest BCUT2D eigenvalue weighted by atomic mass is 32.2. The van der Waals surface area contributed by atoms with Crippen LogP contribution in [0.5, 0.6) is 0 Å². The molecule has 2 rings (SSSR count). The monoisotopic (exact) mass is 307 g/mol. The van der Waals surface area contributed by atoms with E-state index in [2.05, 4.69) is 38.1 Å². The molecule has 0 fully saturated rings. The molecule has 0 aliphatic carbocycles. The number of rotatable bonds is 5. The van der Waals surface area contributed by atoms with Crippen LogP contribution in [0.15, 0.2) is 35.3 Å². The minimum atomic E-state index is 0.0879. The number of aliphatic imine (C=N–C) groups is 1. The normalized spacial score (nSPS) is 22.7. The zero-order chi connectivity index (χ0) is 14.4. The van der Waals surface area contributed by atoms with E-state index in [0.717, 1.165) is 29.4 Å². The number of carbonyl (C=O) groups excluding carboxylic acids is 1. The van der Waals surface area contributed by atoms with Gasteiger partial charge in [0.1, 0.15) is 4.38 Å². The van der Waals surface area contributed by atoms with Crippen molar-refractivity contribution in [1.82, 2.24) is 0 Å². The summed E-state index contributed by atoms with van der Waals surface area (Å²) in [6.07, 6.45) is 2.84. The Balaban J connectivity index is 2.05. The lowest BCUT2D eigenvalue weighted by atomic mass is 9.93. The van der Waals surface area contributed by atoms with Crippen LogP contribution in [0, 0.1) is 5.92 Å². The molecule has 0 bridgehead atoms. The maximum absolute atomic E-state index is 12.2. The first-order chi connectivity index (χ1) is 9.74. The Kier molecular flexibility index (Phi) is 6.17. The average Bonchev–Trinajstić information content (AvgIpc) is 2.46. The van der Waals surface area contributed by atoms with Gasteiger partial charge in [0.05, 0.1) is 12.0 Å². The molecule has 1 aliphatic rings. The minimum Gasteiger partial charge on any atom is -0.286 e. The van der Waals surface area contributed by atoms with E-state index in [1.165, 1.54) is 17.3 Å². The highest BCUT2D eigenvalue weighted by molar-refractivity contribution is 8.44. The lowest BCUT2D eigenvalue weighted by Gasteiger charge is -2.26. The van der Waals surface area contributed by atoms with E-state index in [-0.39, 0.29) is 12.0 Å². The lowest BCUT2D eigenvalue weighted by molar-refractivity contribution is -0.115. The predicted molar refractivity (Wildman–Crippen MR) is 90.5 cm³/mol. The van der Waals surface area contributed by atoms with Gasteiger partial charge in [-0.3, -0.25) is 9.79 Å². The number of benzene rings is 1. The summed E-state index contributed by atoms with van der Waals surface area (Å²) < 4.78 is 0.959. The standard InChI is InChI=1S/C16H21NOS2/c1-3-13-14(11-10-12-8-6-5-7-9-12)17-16(19-4-2)20-15(13)18/h5-9,13-14H,3-4,10-11H2,1-2H3/t13-,14+/m1/s1. The van der Waals surface area contributed by atoms with Gasteiger partial charge >= 0.3 is 0 Å². The van der Waals surface area contributed by atoms with Crippen LogP contribution >= 0.6 is 23.5 Å². The Morgan fingerprint density at radius 2 is 2.00 bits per heavy atom. The average molecular weight is 307 g/mol. The second-order valence-corrected chi connectivity index (χ2v) is 7.36. The van der Waals surface area contributed by atoms with Crippen LogP contribution in [0.25, 0.3) is 0 Å². The molecule has 0 aromatic heterocycles. The summed E-state index contributed by atoms with van der Waals surface area (Å²) in [4.78, 5) is 17.0. The van der Waals surface area contributed by atoms with Gasteiger partial charge in [-0.1, -0.05) is 55.9 Å². The predicted octanol–water partition coefficient (Wildman–Crippen LogP) is 4.40. The molecule has 0 radical (unpaired) electrons. The van der Waals surface area contributed by atoms with Crippen molar-refractivity contribution in [3.8, 4) is 0 Å². The van der Waals surface area contributed by atoms with Gasteiger partial charge < -0.3 is 0 Å². The number of hydrogen-bond acceptors (Lipinski definition) is 4. The van der Waals surface area contributed by atoms with E-state index in [4.69, 9.17) is 4.99 Å². The summed E-state index contributed by atoms with van der Waals surface area (Å²) in [6.45, 7) is 4.19. The molecule has 1 aromatic carbocycles. The van der Waals surface area contributed by atoms with Crippen molar-refractivity contribution >= 4 is 33.0 Å². The number of nitrogens with zero attached hydrogens (tertiary/aromatic N) is 1. The van der Waals surface area contributed by atoms with Crippen LogP contribution in [0.2, 0.25) is 0 Å². The highest BCUT2D eigenvalue weighted by Crippen LogP contribution is 2.33. The first-order valence-electron chi connectivity index (χ1n) is 7.20. The zero-order valence-corrected chi connectivity index (χ0v) is 13.7. The number of hydrogen-bond donors (Lipinski definition) is 0. The van der Waals surface area contributed by atoms with Crippen molar-refractivity contribution < 1.29 is 4.79 Å². The van der Waals surface area contributed by atoms with Crippen LogP contribution in [0.1, 0.15) is 32.3 Å². The molecule has 1 heterocycles. The zero-order valence-electron chi connectivity index (χ0n) is 12.0. The van der Waals surface area contributed by atoms with E-state index in [1.807, 2.05) is 6.07 Å². The first kappa shape index (κ1) is 15.6. The fourth-order valence-electron chi connectivity index (χ4n) is 2.42. The molecule has 1 aromatic rings. The molecule has 0 unspecified atom stereocenters. The Hall–Kier alpha value is -0.740. The van der Waals surface area contributed by atoms with Crippen LogP contribution in [-0.2, 0) is 11.2 Å². The van der Waals surface area contributed by atoms with Gasteiger partial charge in [-0.15, -0.1) is 0 Å². The van der Waals surface area contributed by atoms with Crippen LogP contribution in [-0.4, -0.2) is 21.3 Å². The fraction of sp³-hybridized carbons (Fsp3) is 0.500. The SMILES string of the molecule is CCSC1=N[C@@H](CCc2ccccc2)[C@@H](CC)C(=O)S1. The molecule has 0 saturated heterocycles. The van der Waals surface area contributed by atoms with Crippen molar-refractivity contribution in [1.29, 1.82) is 0 Å². The lowest BCUT2D eigenvalue weighted by Crippen LogP contribution is -2.30. The summed E-state index contributed by atoms with van der Waals surface area (Å²) in [5.41, 5.74) is 1.33. The molecular formula is C16H21NOS2. The summed E-state index contributed by atoms with van der Waals surface area (Å²) in [6, 6.07) is 10.6. The molecular weight excluding hydrogens is 286 g/mol. The number of thioether (sulfide) groups is 2. The Morgan fingerprint density at radius 1 is 1.25 bits per heavy atom. The van der Waals surface area contributed by atoms with Gasteiger partial charge in [-0.2, -0.15) is 0 Å². The number of aryl methyl sites for hydroxylation is 1. The molecule has 0 spiro atoms. The second kappa shape index (κ2) is 7.89. The summed E-state index contributed by atoms with van der Waals surface area (Å²) >= 11 is 3.03. The van der Waals surface area contributed by atoms with Gasteiger partial charge in [-0.25, -0.2) is 0 Å². The first-order valence-corrected chi connectivity index (χ1v) is 9.01. The highest BCUT2D eigenvalue weighted by Gasteiger charge is 2.32. The van der Waals surface area contributed by atoms with Crippen molar-refractivity contribution in [3.63, 3.8) is 0 Å². The van der Waals surface area contributed by atoms with Gasteiger partial charge in [0.15, 0.2) is 0 Å². The van der Waals surface area contributed by atoms with Gasteiger partial charge in [0.25, 0.3) is 0 Å². The number of carbonyl (C=O) groups is 1. The molecule has 0 saturated carbocycles. The minimum absolute atomic E-state index is 0.0879. The molecule has 1 aliphatic heterocycles. The van der Waals surface area contributed by atoms with Crippen LogP contribution in [0.4, 0.5) is 0 Å². The van der Waals surface area contributed by atoms with Gasteiger partial charge in [0.2, 0.25) is 5.12 Å². The quantitative estimate of drug-likeness (QED) is 0.807. The van der Waals surface area contributed by atoms with Crippen molar-refractivity contribution in [3.05, 3.63) is 35.9 Å². The molecule has 20 heavy (non-hydrogen) atoms. The van der Waals surface area contributed by atoms with E-state index in [0.29, 0.717) is 5.12 Å². The van der Waals surface area contributed by atoms with Crippen molar-refractivity contribution in [2.75, 3.05) is 5.75 Å². The molecule has 2 nitrogen and oxygen atoms in total. The molecule has 0 N–H and O–H groups in total. The van der Waals surface area contributed by atoms with Crippen LogP contribution < -0.4 is 0 Å². The third-order valence-corrected chi connectivity index (χ3v) is 5.53. The van der Waals surface area contributed by atoms with Gasteiger partial charge in [0, 0.05) is 0 Å². The summed E-state index contributed by atoms with van der Waals surface area (Å²) in [7, 11) is 0. The Morgan fingerprint density at radius 3 is 2.65 bits per heavy atom. The third-order valence-electron chi connectivity index (χ3n) is 3.51. The second-order valence-electron chi connectivity index (χ2n) is 4.86. The fourth-order valence-corrected chi connectivity index (χ4v) is 4.55. The Bertz CT molecular complexity index is 473. The molecule has 4 heteroatoms. The largest absolute Gasteiger partial charge is 0.286 e. The molecule has 2 atom stereocenters. The maximum Gasteiger partial charge on any atom is 0.200 e. The summed E-state index contributed by atoms with van der Waals surface area (Å²) in [5, 5.41) is 0.302. The van der Waals surface area contributed by atoms with E-state index in [9.17, 15) is 4.79 Å². The summed E-state index contributed by atoms with van der Waals surface area (Å²) in [5.74, 6) is 1.06. The van der Waals surface area contributed by atoms with E-state index in [1.54, 1.807) is 11.8 Å².